The first kappa shape index (κ1) is 35.8. The molecule has 0 aliphatic heterocycles. The molecule has 2 aliphatic rings. The molecule has 3 aromatic rings. The molecule has 0 saturated heterocycles. The van der Waals surface area contributed by atoms with Crippen molar-refractivity contribution < 1.29 is 48.6 Å². The van der Waals surface area contributed by atoms with Crippen molar-refractivity contribution in [3.8, 4) is 16.9 Å². The van der Waals surface area contributed by atoms with Crippen molar-refractivity contribution in [3.63, 3.8) is 0 Å². The molecule has 2 aliphatic carbocycles. The molecule has 0 spiro atoms. The number of allylic oxidation sites excluding steroid dienone is 2. The summed E-state index contributed by atoms with van der Waals surface area (Å²) in [5, 5.41) is 0. The third kappa shape index (κ3) is 8.03. The molecule has 0 unspecified atom stereocenters. The number of alkyl halides is 5. The van der Waals surface area contributed by atoms with E-state index in [-0.39, 0.29) is 23.6 Å². The van der Waals surface area contributed by atoms with Gasteiger partial charge >= 0.3 is 12.3 Å². The van der Waals surface area contributed by atoms with Gasteiger partial charge in [0.2, 0.25) is 0 Å². The van der Waals surface area contributed by atoms with Gasteiger partial charge in [-0.1, -0.05) is 25.0 Å². The van der Waals surface area contributed by atoms with E-state index in [2.05, 4.69) is 16.9 Å². The van der Waals surface area contributed by atoms with Crippen LogP contribution >= 0.6 is 0 Å². The molecule has 0 N–H and O–H groups in total. The molecule has 0 atom stereocenters. The lowest BCUT2D eigenvalue weighted by atomic mass is 9.68. The second kappa shape index (κ2) is 14.5. The van der Waals surface area contributed by atoms with Crippen LogP contribution in [0.15, 0.2) is 54.6 Å². The van der Waals surface area contributed by atoms with Gasteiger partial charge in [-0.25, -0.2) is 22.0 Å². The van der Waals surface area contributed by atoms with E-state index < -0.39 is 69.4 Å². The Hall–Kier alpha value is -3.50. The molecule has 3 aromatic carbocycles. The molecule has 0 heterocycles. The summed E-state index contributed by atoms with van der Waals surface area (Å²) in [6, 6.07) is 4.11. The third-order valence-corrected chi connectivity index (χ3v) is 9.96. The second-order valence-electron chi connectivity index (χ2n) is 13.0. The predicted octanol–water partition coefficient (Wildman–Crippen LogP) is 12.6. The van der Waals surface area contributed by atoms with E-state index in [1.54, 1.807) is 0 Å². The summed E-state index contributed by atoms with van der Waals surface area (Å²) < 4.78 is 146. The minimum atomic E-state index is -5.35. The molecule has 48 heavy (non-hydrogen) atoms. The molecule has 0 amide bonds. The van der Waals surface area contributed by atoms with Crippen molar-refractivity contribution >= 4 is 0 Å². The highest BCUT2D eigenvalue weighted by Crippen LogP contribution is 2.46. The second-order valence-corrected chi connectivity index (χ2v) is 13.0. The highest BCUT2D eigenvalue weighted by Gasteiger charge is 2.42. The maximum atomic E-state index is 15.1. The van der Waals surface area contributed by atoms with Crippen LogP contribution in [0.1, 0.15) is 93.7 Å². The Morgan fingerprint density at radius 3 is 1.73 bits per heavy atom. The van der Waals surface area contributed by atoms with Crippen LogP contribution in [0.3, 0.4) is 0 Å². The van der Waals surface area contributed by atoms with Gasteiger partial charge in [-0.3, -0.25) is 0 Å². The van der Waals surface area contributed by atoms with E-state index in [1.807, 2.05) is 6.92 Å². The third-order valence-electron chi connectivity index (χ3n) is 9.96. The van der Waals surface area contributed by atoms with Crippen molar-refractivity contribution in [2.45, 2.75) is 89.3 Å². The number of benzene rings is 3. The van der Waals surface area contributed by atoms with Gasteiger partial charge in [-0.2, -0.15) is 22.0 Å². The first-order chi connectivity index (χ1) is 22.7. The van der Waals surface area contributed by atoms with E-state index >= 15 is 17.6 Å². The first-order valence-electron chi connectivity index (χ1n) is 16.2. The number of halogens is 10. The van der Waals surface area contributed by atoms with Gasteiger partial charge in [0.15, 0.2) is 0 Å². The lowest BCUT2D eigenvalue weighted by Crippen LogP contribution is -2.27. The molecule has 11 heteroatoms. The number of rotatable bonds is 9. The van der Waals surface area contributed by atoms with Crippen molar-refractivity contribution in [3.05, 3.63) is 100 Å². The van der Waals surface area contributed by atoms with E-state index in [0.29, 0.717) is 30.7 Å². The summed E-state index contributed by atoms with van der Waals surface area (Å²) in [7, 11) is 0. The van der Waals surface area contributed by atoms with Crippen molar-refractivity contribution in [1.29, 1.82) is 0 Å². The first-order valence-corrected chi connectivity index (χ1v) is 16.2. The quantitative estimate of drug-likeness (QED) is 0.161. The average molecular weight is 687 g/mol. The van der Waals surface area contributed by atoms with Crippen LogP contribution in [0.4, 0.5) is 43.9 Å². The molecule has 2 saturated carbocycles. The van der Waals surface area contributed by atoms with E-state index in [0.717, 1.165) is 49.4 Å². The Labute approximate surface area is 273 Å². The van der Waals surface area contributed by atoms with Crippen molar-refractivity contribution in [2.24, 2.45) is 17.8 Å². The summed E-state index contributed by atoms with van der Waals surface area (Å²) in [4.78, 5) is 0. The molecule has 260 valence electrons. The smallest absolute Gasteiger partial charge is 0.429 e. The summed E-state index contributed by atoms with van der Waals surface area (Å²) >= 11 is 0. The zero-order valence-electron chi connectivity index (χ0n) is 26.3. The SMILES string of the molecule is C/C=C/CCC1CCC(C2CCC(c3cc(F)c(C(F)(F)Oc4ccc(-c5cc(F)c(C(F)(F)F)c(F)c5)c(F)c4)c(F)c3)CC2)CC1. The van der Waals surface area contributed by atoms with E-state index in [4.69, 9.17) is 0 Å². The molecule has 0 aromatic heterocycles. The van der Waals surface area contributed by atoms with Crippen molar-refractivity contribution in [1.82, 2.24) is 0 Å². The largest absolute Gasteiger partial charge is 0.432 e. The molecule has 2 fully saturated rings. The molecule has 0 radical (unpaired) electrons. The minimum Gasteiger partial charge on any atom is -0.429 e. The van der Waals surface area contributed by atoms with Gasteiger partial charge < -0.3 is 4.74 Å². The van der Waals surface area contributed by atoms with Crippen molar-refractivity contribution in [2.75, 3.05) is 0 Å². The summed E-state index contributed by atoms with van der Waals surface area (Å²) in [5.41, 5.74) is -4.82. The maximum Gasteiger partial charge on any atom is 0.432 e. The van der Waals surface area contributed by atoms with Crippen LogP contribution in [0.5, 0.6) is 5.75 Å². The Balaban J connectivity index is 1.23. The normalized spacial score (nSPS) is 22.3. The highest BCUT2D eigenvalue weighted by molar-refractivity contribution is 5.66. The van der Waals surface area contributed by atoms with E-state index in [1.165, 1.54) is 32.1 Å². The van der Waals surface area contributed by atoms with Gasteiger partial charge in [0.1, 0.15) is 46.0 Å². The molecule has 1 nitrogen and oxygen atoms in total. The maximum absolute atomic E-state index is 15.1. The molecule has 0 bridgehead atoms. The summed E-state index contributed by atoms with van der Waals surface area (Å²) in [6.07, 6.45) is 4.63. The standard InChI is InChI=1S/C37H36F10O/c1-2-3-4-5-21-6-8-22(9-7-21)23-10-12-24(13-11-23)25-16-32(41)35(33(42)17-25)37(46,47)48-27-14-15-28(29(38)20-27)26-18-30(39)34(31(40)19-26)36(43,44)45/h2-3,14-24H,4-13H2,1H3/b3-2+. The van der Waals surface area contributed by atoms with Crippen LogP contribution < -0.4 is 4.74 Å². The average Bonchev–Trinajstić information content (AvgIpc) is 3.00. The Morgan fingerprint density at radius 1 is 0.667 bits per heavy atom. The fourth-order valence-electron chi connectivity index (χ4n) is 7.47. The number of hydrogen-bond acceptors (Lipinski definition) is 1. The molecular weight excluding hydrogens is 650 g/mol. The fourth-order valence-corrected chi connectivity index (χ4v) is 7.47. The Bertz CT molecular complexity index is 1570. The van der Waals surface area contributed by atoms with Crippen LogP contribution in [0.25, 0.3) is 11.1 Å². The number of hydrogen-bond donors (Lipinski definition) is 0. The summed E-state index contributed by atoms with van der Waals surface area (Å²) in [5.74, 6) is -7.59. The monoisotopic (exact) mass is 686 g/mol. The van der Waals surface area contributed by atoms with Gasteiger partial charge in [0, 0.05) is 11.6 Å². The predicted molar refractivity (Wildman–Crippen MR) is 162 cm³/mol. The molecule has 5 rings (SSSR count). The Morgan fingerprint density at radius 2 is 1.21 bits per heavy atom. The number of ether oxygens (including phenoxy) is 1. The minimum absolute atomic E-state index is 0.187. The van der Waals surface area contributed by atoms with Gasteiger partial charge in [-0.15, -0.1) is 0 Å². The lowest BCUT2D eigenvalue weighted by Gasteiger charge is -2.38. The zero-order chi connectivity index (χ0) is 34.8. The topological polar surface area (TPSA) is 9.23 Å². The van der Waals surface area contributed by atoms with Crippen LogP contribution in [0.2, 0.25) is 0 Å². The van der Waals surface area contributed by atoms with Crippen LogP contribution in [-0.2, 0) is 12.3 Å². The van der Waals surface area contributed by atoms with Gasteiger partial charge in [0.25, 0.3) is 0 Å². The zero-order valence-corrected chi connectivity index (χ0v) is 26.3. The van der Waals surface area contributed by atoms with E-state index in [9.17, 15) is 26.3 Å². The summed E-state index contributed by atoms with van der Waals surface area (Å²) in [6.45, 7) is 2.02. The van der Waals surface area contributed by atoms with Gasteiger partial charge in [-0.05, 0) is 129 Å². The molecular formula is C37H36F10O. The van der Waals surface area contributed by atoms with Gasteiger partial charge in [0.05, 0.1) is 0 Å². The Kier molecular flexibility index (Phi) is 10.8. The van der Waals surface area contributed by atoms with Crippen LogP contribution in [0, 0.1) is 46.8 Å². The fraction of sp³-hybridized carbons (Fsp3) is 0.459. The van der Waals surface area contributed by atoms with Crippen LogP contribution in [-0.4, -0.2) is 0 Å². The lowest BCUT2D eigenvalue weighted by molar-refractivity contribution is -0.189. The highest BCUT2D eigenvalue weighted by atomic mass is 19.4.